The second kappa shape index (κ2) is 7.95. The van der Waals surface area contributed by atoms with E-state index in [9.17, 15) is 4.79 Å². The summed E-state index contributed by atoms with van der Waals surface area (Å²) < 4.78 is 11.0. The maximum Gasteiger partial charge on any atom is 0.227 e. The number of benzene rings is 1. The number of rotatable bonds is 6. The fraction of sp³-hybridized carbons (Fsp3) is 0.467. The third-order valence-electron chi connectivity index (χ3n) is 3.22. The number of ether oxygens (including phenoxy) is 2. The van der Waals surface area contributed by atoms with Crippen LogP contribution in [0.3, 0.4) is 0 Å². The number of hydrogen-bond acceptors (Lipinski definition) is 4. The molecule has 6 heteroatoms. The van der Waals surface area contributed by atoms with Crippen LogP contribution in [0, 0.1) is 0 Å². The number of amides is 1. The van der Waals surface area contributed by atoms with Crippen molar-refractivity contribution in [3.05, 3.63) is 24.3 Å². The van der Waals surface area contributed by atoms with E-state index in [1.54, 1.807) is 12.1 Å². The Morgan fingerprint density at radius 1 is 1.43 bits per heavy atom. The van der Waals surface area contributed by atoms with Crippen molar-refractivity contribution in [2.45, 2.75) is 31.8 Å². The summed E-state index contributed by atoms with van der Waals surface area (Å²) in [6.45, 7) is 0.888. The van der Waals surface area contributed by atoms with Crippen molar-refractivity contribution in [3.8, 4) is 5.75 Å². The van der Waals surface area contributed by atoms with Gasteiger partial charge in [-0.05, 0) is 31.4 Å². The van der Waals surface area contributed by atoms with Crippen molar-refractivity contribution in [3.63, 3.8) is 0 Å². The van der Waals surface area contributed by atoms with Crippen LogP contribution in [0.5, 0.6) is 5.75 Å². The summed E-state index contributed by atoms with van der Waals surface area (Å²) in [7, 11) is 0. The minimum Gasteiger partial charge on any atom is -0.484 e. The SMILES string of the molecule is NC(=S)COc1ccccc1NC(=O)CC1CCCCO1. The lowest BCUT2D eigenvalue weighted by molar-refractivity contribution is -0.119. The van der Waals surface area contributed by atoms with E-state index in [4.69, 9.17) is 27.4 Å². The molecule has 1 heterocycles. The Morgan fingerprint density at radius 2 is 2.24 bits per heavy atom. The van der Waals surface area contributed by atoms with Gasteiger partial charge in [0.25, 0.3) is 0 Å². The first-order valence-corrected chi connectivity index (χ1v) is 7.47. The molecule has 1 aromatic rings. The number of anilines is 1. The molecule has 1 unspecified atom stereocenters. The lowest BCUT2D eigenvalue weighted by atomic mass is 10.1. The number of hydrogen-bond donors (Lipinski definition) is 2. The third kappa shape index (κ3) is 5.32. The molecule has 114 valence electrons. The Morgan fingerprint density at radius 3 is 2.95 bits per heavy atom. The van der Waals surface area contributed by atoms with Crippen LogP contribution >= 0.6 is 12.2 Å². The molecule has 0 aromatic heterocycles. The minimum atomic E-state index is -0.0757. The van der Waals surface area contributed by atoms with Crippen LogP contribution < -0.4 is 15.8 Å². The van der Waals surface area contributed by atoms with Crippen LogP contribution in [-0.4, -0.2) is 30.2 Å². The number of carbonyl (C=O) groups excluding carboxylic acids is 1. The van der Waals surface area contributed by atoms with E-state index in [-0.39, 0.29) is 23.6 Å². The summed E-state index contributed by atoms with van der Waals surface area (Å²) in [6.07, 6.45) is 3.51. The molecule has 1 aromatic carbocycles. The second-order valence-corrected chi connectivity index (χ2v) is 5.52. The number of nitrogens with one attached hydrogen (secondary N) is 1. The van der Waals surface area contributed by atoms with Crippen molar-refractivity contribution < 1.29 is 14.3 Å². The van der Waals surface area contributed by atoms with E-state index in [0.29, 0.717) is 17.9 Å². The maximum absolute atomic E-state index is 12.1. The standard InChI is InChI=1S/C15H20N2O3S/c16-14(21)10-20-13-7-2-1-6-12(13)17-15(18)9-11-5-3-4-8-19-11/h1-2,6-7,11H,3-5,8-10H2,(H2,16,21)(H,17,18). The molecule has 2 rings (SSSR count). The molecule has 1 saturated heterocycles. The van der Waals surface area contributed by atoms with Gasteiger partial charge in [0.15, 0.2) is 0 Å². The Kier molecular flexibility index (Phi) is 5.95. The Labute approximate surface area is 129 Å². The van der Waals surface area contributed by atoms with Gasteiger partial charge in [0.2, 0.25) is 5.91 Å². The van der Waals surface area contributed by atoms with Gasteiger partial charge in [0.1, 0.15) is 17.3 Å². The largest absolute Gasteiger partial charge is 0.484 e. The molecular formula is C15H20N2O3S. The summed E-state index contributed by atoms with van der Waals surface area (Å²) in [4.78, 5) is 12.3. The molecule has 1 aliphatic heterocycles. The summed E-state index contributed by atoms with van der Waals surface area (Å²) in [6, 6.07) is 7.22. The van der Waals surface area contributed by atoms with Gasteiger partial charge in [0, 0.05) is 6.61 Å². The smallest absolute Gasteiger partial charge is 0.227 e. The number of nitrogens with two attached hydrogens (primary N) is 1. The molecule has 1 atom stereocenters. The molecule has 0 spiro atoms. The zero-order valence-corrected chi connectivity index (χ0v) is 12.7. The van der Waals surface area contributed by atoms with Crippen LogP contribution in [0.1, 0.15) is 25.7 Å². The first kappa shape index (κ1) is 15.7. The Hall–Kier alpha value is -1.66. The molecule has 0 aliphatic carbocycles. The van der Waals surface area contributed by atoms with Gasteiger partial charge in [-0.25, -0.2) is 0 Å². The second-order valence-electron chi connectivity index (χ2n) is 4.99. The van der Waals surface area contributed by atoms with E-state index >= 15 is 0 Å². The predicted molar refractivity (Wildman–Crippen MR) is 85.6 cm³/mol. The lowest BCUT2D eigenvalue weighted by Gasteiger charge is -2.22. The predicted octanol–water partition coefficient (Wildman–Crippen LogP) is 2.25. The Balaban J connectivity index is 1.91. The van der Waals surface area contributed by atoms with Crippen LogP contribution in [-0.2, 0) is 9.53 Å². The maximum atomic E-state index is 12.1. The zero-order valence-electron chi connectivity index (χ0n) is 11.8. The zero-order chi connectivity index (χ0) is 15.1. The highest BCUT2D eigenvalue weighted by molar-refractivity contribution is 7.80. The highest BCUT2D eigenvalue weighted by Gasteiger charge is 2.18. The van der Waals surface area contributed by atoms with E-state index in [0.717, 1.165) is 25.9 Å². The molecule has 5 nitrogen and oxygen atoms in total. The summed E-state index contributed by atoms with van der Waals surface area (Å²) in [5, 5.41) is 2.85. The lowest BCUT2D eigenvalue weighted by Crippen LogP contribution is -2.26. The molecular weight excluding hydrogens is 288 g/mol. The number of carbonyl (C=O) groups is 1. The average Bonchev–Trinajstić information content (AvgIpc) is 2.47. The molecule has 1 fully saturated rings. The molecule has 0 saturated carbocycles. The topological polar surface area (TPSA) is 73.6 Å². The van der Waals surface area contributed by atoms with Gasteiger partial charge in [-0.1, -0.05) is 24.4 Å². The summed E-state index contributed by atoms with van der Waals surface area (Å²) in [5.74, 6) is 0.483. The van der Waals surface area contributed by atoms with Crippen molar-refractivity contribution in [1.29, 1.82) is 0 Å². The molecule has 1 amide bonds. The number of thiocarbonyl (C=S) groups is 1. The molecule has 1 aliphatic rings. The van der Waals surface area contributed by atoms with E-state index in [1.807, 2.05) is 12.1 Å². The van der Waals surface area contributed by atoms with Crippen LogP contribution in [0.4, 0.5) is 5.69 Å². The normalized spacial score (nSPS) is 18.0. The monoisotopic (exact) mass is 308 g/mol. The molecule has 21 heavy (non-hydrogen) atoms. The third-order valence-corrected chi connectivity index (χ3v) is 3.34. The molecule has 0 bridgehead atoms. The first-order chi connectivity index (χ1) is 10.1. The van der Waals surface area contributed by atoms with Crippen LogP contribution in [0.2, 0.25) is 0 Å². The highest BCUT2D eigenvalue weighted by atomic mass is 32.1. The van der Waals surface area contributed by atoms with Crippen molar-refractivity contribution in [2.75, 3.05) is 18.5 Å². The average molecular weight is 308 g/mol. The quantitative estimate of drug-likeness (QED) is 0.789. The van der Waals surface area contributed by atoms with Gasteiger partial charge >= 0.3 is 0 Å². The Bertz CT molecular complexity index is 501. The van der Waals surface area contributed by atoms with Gasteiger partial charge in [-0.2, -0.15) is 0 Å². The van der Waals surface area contributed by atoms with Crippen LogP contribution in [0.25, 0.3) is 0 Å². The summed E-state index contributed by atoms with van der Waals surface area (Å²) >= 11 is 4.78. The molecule has 0 radical (unpaired) electrons. The van der Waals surface area contributed by atoms with Gasteiger partial charge in [-0.15, -0.1) is 0 Å². The van der Waals surface area contributed by atoms with Crippen molar-refractivity contribution in [2.24, 2.45) is 5.73 Å². The van der Waals surface area contributed by atoms with Gasteiger partial charge in [-0.3, -0.25) is 4.79 Å². The fourth-order valence-corrected chi connectivity index (χ4v) is 2.28. The fourth-order valence-electron chi connectivity index (χ4n) is 2.22. The minimum absolute atomic E-state index is 0.0171. The van der Waals surface area contributed by atoms with E-state index < -0.39 is 0 Å². The van der Waals surface area contributed by atoms with Gasteiger partial charge < -0.3 is 20.5 Å². The van der Waals surface area contributed by atoms with Crippen LogP contribution in [0.15, 0.2) is 24.3 Å². The van der Waals surface area contributed by atoms with E-state index in [1.165, 1.54) is 0 Å². The van der Waals surface area contributed by atoms with Gasteiger partial charge in [0.05, 0.1) is 18.2 Å². The van der Waals surface area contributed by atoms with E-state index in [2.05, 4.69) is 5.32 Å². The molecule has 3 N–H and O–H groups in total. The van der Waals surface area contributed by atoms with Crippen molar-refractivity contribution in [1.82, 2.24) is 0 Å². The summed E-state index contributed by atoms with van der Waals surface area (Å²) in [5.41, 5.74) is 6.04. The highest BCUT2D eigenvalue weighted by Crippen LogP contribution is 2.24. The first-order valence-electron chi connectivity index (χ1n) is 7.07. The number of para-hydroxylation sites is 2. The van der Waals surface area contributed by atoms with Crippen molar-refractivity contribution >= 4 is 28.8 Å².